The van der Waals surface area contributed by atoms with Gasteiger partial charge in [-0.2, -0.15) is 0 Å². The number of nitrogens with one attached hydrogen (secondary N) is 1. The molecule has 1 amide bonds. The predicted molar refractivity (Wildman–Crippen MR) is 120 cm³/mol. The largest absolute Gasteiger partial charge is 0.312 e. The lowest BCUT2D eigenvalue weighted by atomic mass is 10.0. The highest BCUT2D eigenvalue weighted by Gasteiger charge is 2.27. The molecular weight excluding hydrogens is 430 g/mol. The zero-order valence-electron chi connectivity index (χ0n) is 15.0. The molecule has 0 unspecified atom stereocenters. The van der Waals surface area contributed by atoms with E-state index in [-0.39, 0.29) is 5.91 Å². The maximum Gasteiger partial charge on any atom is 0.266 e. The summed E-state index contributed by atoms with van der Waals surface area (Å²) in [6.45, 7) is 1.91. The summed E-state index contributed by atoms with van der Waals surface area (Å²) in [6.07, 6.45) is 0.967. The van der Waals surface area contributed by atoms with Crippen LogP contribution in [0.25, 0.3) is 20.8 Å². The van der Waals surface area contributed by atoms with E-state index in [1.54, 1.807) is 34.8 Å². The topological polar surface area (TPSA) is 45.2 Å². The van der Waals surface area contributed by atoms with Crippen LogP contribution in [0, 0.1) is 0 Å². The third kappa shape index (κ3) is 3.27. The van der Waals surface area contributed by atoms with Gasteiger partial charge in [0, 0.05) is 23.5 Å². The Morgan fingerprint density at radius 3 is 2.82 bits per heavy atom. The molecule has 0 aliphatic carbocycles. The van der Waals surface area contributed by atoms with Crippen LogP contribution in [0.1, 0.15) is 20.1 Å². The summed E-state index contributed by atoms with van der Waals surface area (Å²) in [6, 6.07) is 11.7. The number of nitrogens with zero attached hydrogens (tertiary/aromatic N) is 2. The number of anilines is 1. The van der Waals surface area contributed by atoms with Crippen molar-refractivity contribution in [3.63, 3.8) is 0 Å². The Bertz CT molecular complexity index is 1160. The number of halogens is 1. The number of hydrogen-bond donors (Lipinski definition) is 1. The summed E-state index contributed by atoms with van der Waals surface area (Å²) in [5, 5.41) is 4.99. The van der Waals surface area contributed by atoms with E-state index in [0.29, 0.717) is 9.21 Å². The minimum Gasteiger partial charge on any atom is -0.312 e. The number of carbonyl (C=O) groups is 1. The Labute approximate surface area is 179 Å². The SMILES string of the molecule is CN1CCc2c(sc(NC(=O)c3ccc(Cl)s3)c2-c2nc3ccccc3s2)C1. The van der Waals surface area contributed by atoms with Gasteiger partial charge in [-0.15, -0.1) is 34.0 Å². The van der Waals surface area contributed by atoms with Gasteiger partial charge >= 0.3 is 0 Å². The number of rotatable bonds is 3. The van der Waals surface area contributed by atoms with Gasteiger partial charge in [0.1, 0.15) is 10.0 Å². The van der Waals surface area contributed by atoms with Crippen LogP contribution in [0.4, 0.5) is 5.00 Å². The van der Waals surface area contributed by atoms with Crippen LogP contribution in [-0.4, -0.2) is 29.4 Å². The predicted octanol–water partition coefficient (Wildman–Crippen LogP) is 5.98. The first-order chi connectivity index (χ1) is 13.6. The highest BCUT2D eigenvalue weighted by atomic mass is 35.5. The molecule has 0 saturated heterocycles. The lowest BCUT2D eigenvalue weighted by molar-refractivity contribution is 0.103. The van der Waals surface area contributed by atoms with Gasteiger partial charge in [-0.1, -0.05) is 23.7 Å². The lowest BCUT2D eigenvalue weighted by Crippen LogP contribution is -2.25. The molecule has 0 saturated carbocycles. The molecular formula is C20H16ClN3OS3. The zero-order chi connectivity index (χ0) is 19.3. The van der Waals surface area contributed by atoms with E-state index in [1.807, 2.05) is 18.2 Å². The highest BCUT2D eigenvalue weighted by molar-refractivity contribution is 7.23. The fourth-order valence-electron chi connectivity index (χ4n) is 3.43. The molecule has 0 spiro atoms. The van der Waals surface area contributed by atoms with Crippen LogP contribution < -0.4 is 5.32 Å². The van der Waals surface area contributed by atoms with Crippen LogP contribution in [0.2, 0.25) is 4.34 Å². The Kier molecular flexibility index (Phi) is 4.72. The number of thiazole rings is 1. The van der Waals surface area contributed by atoms with Gasteiger partial charge in [0.15, 0.2) is 0 Å². The van der Waals surface area contributed by atoms with Gasteiger partial charge in [0.25, 0.3) is 5.91 Å². The molecule has 1 aliphatic heterocycles. The van der Waals surface area contributed by atoms with Gasteiger partial charge in [0.05, 0.1) is 19.4 Å². The third-order valence-electron chi connectivity index (χ3n) is 4.78. The van der Waals surface area contributed by atoms with E-state index in [9.17, 15) is 4.79 Å². The van der Waals surface area contributed by atoms with Crippen molar-refractivity contribution in [3.8, 4) is 10.6 Å². The van der Waals surface area contributed by atoms with E-state index >= 15 is 0 Å². The Balaban J connectivity index is 1.60. The average Bonchev–Trinajstić information content (AvgIpc) is 3.36. The standard InChI is InChI=1S/C20H16ClN3OS3/c1-24-9-8-11-15(10-24)28-20(23-18(25)14-6-7-16(21)26-14)17(11)19-22-12-4-2-3-5-13(12)27-19/h2-7H,8-10H2,1H3,(H,23,25). The van der Waals surface area contributed by atoms with Crippen molar-refractivity contribution in [2.45, 2.75) is 13.0 Å². The van der Waals surface area contributed by atoms with Crippen LogP contribution in [0.15, 0.2) is 36.4 Å². The van der Waals surface area contributed by atoms with E-state index in [2.05, 4.69) is 23.3 Å². The molecule has 0 atom stereocenters. The smallest absolute Gasteiger partial charge is 0.266 e. The summed E-state index contributed by atoms with van der Waals surface area (Å²) < 4.78 is 1.77. The minimum absolute atomic E-state index is 0.119. The first-order valence-electron chi connectivity index (χ1n) is 8.84. The number of likely N-dealkylation sites (N-methyl/N-ethyl adjacent to an activating group) is 1. The van der Waals surface area contributed by atoms with E-state index in [0.717, 1.165) is 45.3 Å². The van der Waals surface area contributed by atoms with Crippen molar-refractivity contribution in [1.29, 1.82) is 0 Å². The fraction of sp³-hybridized carbons (Fsp3) is 0.200. The first-order valence-corrected chi connectivity index (χ1v) is 11.7. The molecule has 4 aromatic rings. The number of para-hydroxylation sites is 1. The molecule has 4 heterocycles. The van der Waals surface area contributed by atoms with Crippen LogP contribution in [0.3, 0.4) is 0 Å². The number of thiophene rings is 2. The van der Waals surface area contributed by atoms with Gasteiger partial charge in [-0.05, 0) is 43.3 Å². The summed E-state index contributed by atoms with van der Waals surface area (Å²) in [7, 11) is 2.13. The quantitative estimate of drug-likeness (QED) is 0.422. The summed E-state index contributed by atoms with van der Waals surface area (Å²) in [5.74, 6) is -0.119. The summed E-state index contributed by atoms with van der Waals surface area (Å²) in [5.41, 5.74) is 3.41. The summed E-state index contributed by atoms with van der Waals surface area (Å²) >= 11 is 10.6. The highest BCUT2D eigenvalue weighted by Crippen LogP contribution is 2.45. The number of carbonyl (C=O) groups excluding carboxylic acids is 1. The van der Waals surface area contributed by atoms with Crippen LogP contribution >= 0.6 is 45.6 Å². The second-order valence-electron chi connectivity index (χ2n) is 6.74. The van der Waals surface area contributed by atoms with Gasteiger partial charge in [-0.25, -0.2) is 4.98 Å². The number of aromatic nitrogens is 1. The van der Waals surface area contributed by atoms with E-state index in [1.165, 1.54) is 21.8 Å². The maximum atomic E-state index is 12.8. The molecule has 28 heavy (non-hydrogen) atoms. The van der Waals surface area contributed by atoms with Crippen molar-refractivity contribution in [3.05, 3.63) is 56.1 Å². The van der Waals surface area contributed by atoms with Gasteiger partial charge in [0.2, 0.25) is 0 Å². The summed E-state index contributed by atoms with van der Waals surface area (Å²) in [4.78, 5) is 21.9. The second kappa shape index (κ2) is 7.24. The molecule has 5 rings (SSSR count). The molecule has 0 bridgehead atoms. The molecule has 1 N–H and O–H groups in total. The molecule has 4 nitrogen and oxygen atoms in total. The molecule has 3 aromatic heterocycles. The fourth-order valence-corrected chi connectivity index (χ4v) is 6.80. The van der Waals surface area contributed by atoms with Crippen molar-refractivity contribution in [2.75, 3.05) is 18.9 Å². The Hall–Kier alpha value is -1.77. The lowest BCUT2D eigenvalue weighted by Gasteiger charge is -2.22. The zero-order valence-corrected chi connectivity index (χ0v) is 18.2. The molecule has 0 fully saturated rings. The van der Waals surface area contributed by atoms with Crippen molar-refractivity contribution in [1.82, 2.24) is 9.88 Å². The van der Waals surface area contributed by atoms with Crippen molar-refractivity contribution < 1.29 is 4.79 Å². The molecule has 0 radical (unpaired) electrons. The number of hydrogen-bond acceptors (Lipinski definition) is 6. The van der Waals surface area contributed by atoms with Gasteiger partial charge < -0.3 is 10.2 Å². The molecule has 1 aliphatic rings. The van der Waals surface area contributed by atoms with Gasteiger partial charge in [-0.3, -0.25) is 4.79 Å². The molecule has 8 heteroatoms. The van der Waals surface area contributed by atoms with E-state index in [4.69, 9.17) is 16.6 Å². The molecule has 1 aromatic carbocycles. The molecule has 142 valence electrons. The maximum absolute atomic E-state index is 12.8. The Morgan fingerprint density at radius 2 is 2.04 bits per heavy atom. The van der Waals surface area contributed by atoms with Crippen molar-refractivity contribution in [2.24, 2.45) is 0 Å². The Morgan fingerprint density at radius 1 is 1.18 bits per heavy atom. The number of benzene rings is 1. The van der Waals surface area contributed by atoms with E-state index < -0.39 is 0 Å². The number of fused-ring (bicyclic) bond motifs is 2. The monoisotopic (exact) mass is 445 g/mol. The minimum atomic E-state index is -0.119. The second-order valence-corrected chi connectivity index (χ2v) is 10.6. The number of amides is 1. The average molecular weight is 446 g/mol. The normalized spacial score (nSPS) is 14.4. The van der Waals surface area contributed by atoms with Crippen molar-refractivity contribution >= 4 is 66.7 Å². The first kappa shape index (κ1) is 18.3. The third-order valence-corrected chi connectivity index (χ3v) is 8.20. The van der Waals surface area contributed by atoms with Crippen LogP contribution in [0.5, 0.6) is 0 Å². The van der Waals surface area contributed by atoms with Crippen LogP contribution in [-0.2, 0) is 13.0 Å².